The number of rotatable bonds is 8. The second-order valence-corrected chi connectivity index (χ2v) is 19.6. The minimum atomic E-state index is -2.35. The Bertz CT molecular complexity index is 2790. The van der Waals surface area contributed by atoms with Gasteiger partial charge in [0.1, 0.15) is 7.14 Å². The molecule has 0 amide bonds. The maximum Gasteiger partial charge on any atom is 0.164 e. The standard InChI is InChI=1S/C52H44N3OP/c1-57(2,56)48-14-8-13-43(33-48)39-22-27-45(28-23-39)52(34-35-15-26-47(52)31-35)46-29-24-41(25-30-46)50-53-49(40-19-16-38(17-20-40)36-9-4-3-5-10-36)54-51(55-50)44-21-18-37-11-6-7-12-42(37)32-44/h3-14,16-25,27-30,32-33,35,47H,15,26,31,34H2,1-2H3. The topological polar surface area (TPSA) is 55.7 Å². The normalized spacial score (nSPS) is 18.9. The average Bonchev–Trinajstić information content (AvgIpc) is 3.90. The van der Waals surface area contributed by atoms with Crippen molar-refractivity contribution in [1.29, 1.82) is 0 Å². The third-order valence-electron chi connectivity index (χ3n) is 12.6. The van der Waals surface area contributed by atoms with Gasteiger partial charge in [-0.25, -0.2) is 15.0 Å². The quantitative estimate of drug-likeness (QED) is 0.145. The Balaban J connectivity index is 1.03. The van der Waals surface area contributed by atoms with Crippen LogP contribution < -0.4 is 5.30 Å². The van der Waals surface area contributed by atoms with Crippen LogP contribution in [0, 0.1) is 11.8 Å². The van der Waals surface area contributed by atoms with Crippen LogP contribution >= 0.6 is 7.14 Å². The van der Waals surface area contributed by atoms with E-state index >= 15 is 0 Å². The first-order valence-corrected chi connectivity index (χ1v) is 22.7. The molecule has 278 valence electrons. The Labute approximate surface area is 335 Å². The van der Waals surface area contributed by atoms with Crippen LogP contribution in [0.2, 0.25) is 0 Å². The van der Waals surface area contributed by atoms with Gasteiger partial charge in [0, 0.05) is 27.4 Å². The molecule has 57 heavy (non-hydrogen) atoms. The van der Waals surface area contributed by atoms with Crippen molar-refractivity contribution in [3.63, 3.8) is 0 Å². The Morgan fingerprint density at radius 3 is 1.60 bits per heavy atom. The molecule has 0 aliphatic heterocycles. The first-order valence-electron chi connectivity index (χ1n) is 20.1. The summed E-state index contributed by atoms with van der Waals surface area (Å²) in [6, 6.07) is 60.4. The molecule has 0 N–H and O–H groups in total. The third-order valence-corrected chi connectivity index (χ3v) is 14.1. The molecular weight excluding hydrogens is 714 g/mol. The van der Waals surface area contributed by atoms with Crippen LogP contribution in [0.5, 0.6) is 0 Å². The molecule has 5 heteroatoms. The van der Waals surface area contributed by atoms with Crippen molar-refractivity contribution in [2.24, 2.45) is 11.8 Å². The maximum absolute atomic E-state index is 12.9. The molecule has 1 heterocycles. The van der Waals surface area contributed by atoms with Crippen molar-refractivity contribution in [2.45, 2.75) is 31.1 Å². The van der Waals surface area contributed by atoms with Crippen molar-refractivity contribution in [1.82, 2.24) is 15.0 Å². The average molecular weight is 758 g/mol. The molecular formula is C52H44N3OP. The fourth-order valence-electron chi connectivity index (χ4n) is 9.63. The molecule has 8 aromatic rings. The number of benzene rings is 7. The molecule has 0 radical (unpaired) electrons. The van der Waals surface area contributed by atoms with Crippen LogP contribution in [-0.4, -0.2) is 28.3 Å². The highest BCUT2D eigenvalue weighted by molar-refractivity contribution is 7.70. The van der Waals surface area contributed by atoms with E-state index in [-0.39, 0.29) is 5.41 Å². The molecule has 7 aromatic carbocycles. The van der Waals surface area contributed by atoms with Gasteiger partial charge in [-0.3, -0.25) is 0 Å². The summed E-state index contributed by atoms with van der Waals surface area (Å²) in [5.74, 6) is 3.34. The minimum absolute atomic E-state index is 0.0363. The molecule has 10 rings (SSSR count). The van der Waals surface area contributed by atoms with Gasteiger partial charge in [-0.15, -0.1) is 0 Å². The molecule has 3 unspecified atom stereocenters. The first kappa shape index (κ1) is 35.5. The zero-order valence-corrected chi connectivity index (χ0v) is 33.2. The minimum Gasteiger partial charge on any atom is -0.319 e. The largest absolute Gasteiger partial charge is 0.319 e. The van der Waals surface area contributed by atoms with Gasteiger partial charge in [-0.2, -0.15) is 0 Å². The van der Waals surface area contributed by atoms with E-state index in [1.165, 1.54) is 47.8 Å². The van der Waals surface area contributed by atoms with Crippen molar-refractivity contribution < 1.29 is 4.57 Å². The smallest absolute Gasteiger partial charge is 0.164 e. The lowest BCUT2D eigenvalue weighted by Crippen LogP contribution is -2.34. The summed E-state index contributed by atoms with van der Waals surface area (Å²) in [5, 5.41) is 3.26. The zero-order chi connectivity index (χ0) is 38.6. The summed E-state index contributed by atoms with van der Waals surface area (Å²) in [7, 11) is -2.35. The summed E-state index contributed by atoms with van der Waals surface area (Å²) in [5.41, 5.74) is 10.2. The molecule has 2 bridgehead atoms. The molecule has 0 saturated heterocycles. The van der Waals surface area contributed by atoms with Gasteiger partial charge in [0.05, 0.1) is 0 Å². The molecule has 2 aliphatic rings. The fraction of sp³-hybridized carbons (Fsp3) is 0.173. The lowest BCUT2D eigenvalue weighted by atomic mass is 9.64. The number of nitrogens with zero attached hydrogens (tertiary/aromatic N) is 3. The monoisotopic (exact) mass is 757 g/mol. The van der Waals surface area contributed by atoms with Gasteiger partial charge in [0.15, 0.2) is 17.5 Å². The number of hydrogen-bond acceptors (Lipinski definition) is 4. The second kappa shape index (κ2) is 14.2. The van der Waals surface area contributed by atoms with E-state index in [0.29, 0.717) is 23.4 Å². The van der Waals surface area contributed by atoms with Crippen LogP contribution in [0.15, 0.2) is 170 Å². The SMILES string of the molecule is CP(C)(=O)c1cccc(-c2ccc(C3(c4ccc(-c5nc(-c6ccc(-c7ccccc7)cc6)nc(-c6ccc7ccccc7c6)n5)cc4)CC4CCC3C4)cc2)c1. The van der Waals surface area contributed by atoms with E-state index in [2.05, 4.69) is 152 Å². The Kier molecular flexibility index (Phi) is 8.84. The summed E-state index contributed by atoms with van der Waals surface area (Å²) in [4.78, 5) is 15.3. The Morgan fingerprint density at radius 2 is 0.982 bits per heavy atom. The predicted octanol–water partition coefficient (Wildman–Crippen LogP) is 12.7. The van der Waals surface area contributed by atoms with Crippen molar-refractivity contribution in [3.8, 4) is 56.4 Å². The van der Waals surface area contributed by atoms with E-state index in [1.54, 1.807) is 0 Å². The van der Waals surface area contributed by atoms with E-state index in [1.807, 2.05) is 31.5 Å². The molecule has 2 aliphatic carbocycles. The molecule has 1 aromatic heterocycles. The lowest BCUT2D eigenvalue weighted by molar-refractivity contribution is 0.320. The van der Waals surface area contributed by atoms with E-state index in [9.17, 15) is 4.57 Å². The Hall–Kier alpha value is -5.96. The number of aromatic nitrogens is 3. The summed E-state index contributed by atoms with van der Waals surface area (Å²) in [6.07, 6.45) is 5.03. The van der Waals surface area contributed by atoms with E-state index in [0.717, 1.165) is 50.0 Å². The van der Waals surface area contributed by atoms with E-state index in [4.69, 9.17) is 15.0 Å². The molecule has 4 nitrogen and oxygen atoms in total. The number of hydrogen-bond donors (Lipinski definition) is 0. The summed E-state index contributed by atoms with van der Waals surface area (Å²) in [6.45, 7) is 3.68. The van der Waals surface area contributed by atoms with Gasteiger partial charge >= 0.3 is 0 Å². The number of fused-ring (bicyclic) bond motifs is 3. The maximum atomic E-state index is 12.9. The summed E-state index contributed by atoms with van der Waals surface area (Å²) >= 11 is 0. The molecule has 3 atom stereocenters. The van der Waals surface area contributed by atoms with E-state index < -0.39 is 7.14 Å². The van der Waals surface area contributed by atoms with Crippen LogP contribution in [-0.2, 0) is 9.98 Å². The van der Waals surface area contributed by atoms with Crippen LogP contribution in [0.4, 0.5) is 0 Å². The highest BCUT2D eigenvalue weighted by atomic mass is 31.2. The van der Waals surface area contributed by atoms with Crippen molar-refractivity contribution in [2.75, 3.05) is 13.3 Å². The van der Waals surface area contributed by atoms with Crippen LogP contribution in [0.1, 0.15) is 36.8 Å². The first-order chi connectivity index (χ1) is 27.8. The molecule has 0 spiro atoms. The van der Waals surface area contributed by atoms with Gasteiger partial charge < -0.3 is 4.57 Å². The lowest BCUT2D eigenvalue weighted by Gasteiger charge is -2.39. The molecule has 2 fully saturated rings. The second-order valence-electron chi connectivity index (χ2n) is 16.4. The summed E-state index contributed by atoms with van der Waals surface area (Å²) < 4.78 is 12.9. The van der Waals surface area contributed by atoms with Gasteiger partial charge in [0.2, 0.25) is 0 Å². The zero-order valence-electron chi connectivity index (χ0n) is 32.3. The van der Waals surface area contributed by atoms with Gasteiger partial charge in [-0.1, -0.05) is 164 Å². The van der Waals surface area contributed by atoms with Crippen molar-refractivity contribution in [3.05, 3.63) is 181 Å². The fourth-order valence-corrected chi connectivity index (χ4v) is 10.5. The van der Waals surface area contributed by atoms with Gasteiger partial charge in [0.25, 0.3) is 0 Å². The highest BCUT2D eigenvalue weighted by Crippen LogP contribution is 2.60. The third kappa shape index (κ3) is 6.62. The highest BCUT2D eigenvalue weighted by Gasteiger charge is 2.52. The predicted molar refractivity (Wildman–Crippen MR) is 236 cm³/mol. The Morgan fingerprint density at radius 1 is 0.474 bits per heavy atom. The van der Waals surface area contributed by atoms with Gasteiger partial charge in [-0.05, 0) is 101 Å². The van der Waals surface area contributed by atoms with Crippen LogP contribution in [0.3, 0.4) is 0 Å². The molecule has 2 saturated carbocycles. The van der Waals surface area contributed by atoms with Crippen LogP contribution in [0.25, 0.3) is 67.2 Å². The van der Waals surface area contributed by atoms with Crippen molar-refractivity contribution >= 4 is 23.2 Å².